The van der Waals surface area contributed by atoms with E-state index < -0.39 is 4.92 Å². The Morgan fingerprint density at radius 2 is 2.36 bits per heavy atom. The van der Waals surface area contributed by atoms with Gasteiger partial charge in [-0.1, -0.05) is 6.92 Å². The molecular formula is C9H13N3O2. The summed E-state index contributed by atoms with van der Waals surface area (Å²) < 4.78 is 0. The van der Waals surface area contributed by atoms with Crippen LogP contribution < -0.4 is 5.32 Å². The quantitative estimate of drug-likeness (QED) is 0.590. The van der Waals surface area contributed by atoms with Crippen molar-refractivity contribution in [2.75, 3.05) is 11.9 Å². The third kappa shape index (κ3) is 2.42. The summed E-state index contributed by atoms with van der Waals surface area (Å²) in [6.45, 7) is 4.68. The number of hydrogen-bond acceptors (Lipinski definition) is 4. The van der Waals surface area contributed by atoms with E-state index in [1.165, 1.54) is 12.3 Å². The van der Waals surface area contributed by atoms with Gasteiger partial charge in [0.15, 0.2) is 0 Å². The van der Waals surface area contributed by atoms with Crippen molar-refractivity contribution < 1.29 is 4.92 Å². The predicted molar refractivity (Wildman–Crippen MR) is 54.4 cm³/mol. The SMILES string of the molecule is CCCNc1ncc([N+](=O)[O-])cc1C. The minimum absolute atomic E-state index is 0.0320. The number of nitrogens with zero attached hydrogens (tertiary/aromatic N) is 2. The van der Waals surface area contributed by atoms with Gasteiger partial charge in [0.2, 0.25) is 0 Å². The molecule has 0 amide bonds. The minimum atomic E-state index is -0.441. The number of nitro groups is 1. The standard InChI is InChI=1S/C9H13N3O2/c1-3-4-10-9-7(2)5-8(6-11-9)12(13)14/h5-6H,3-4H2,1-2H3,(H,10,11). The summed E-state index contributed by atoms with van der Waals surface area (Å²) >= 11 is 0. The van der Waals surface area contributed by atoms with E-state index in [0.29, 0.717) is 0 Å². The van der Waals surface area contributed by atoms with Gasteiger partial charge in [-0.25, -0.2) is 4.98 Å². The molecule has 0 saturated carbocycles. The Kier molecular flexibility index (Phi) is 3.39. The van der Waals surface area contributed by atoms with E-state index in [9.17, 15) is 10.1 Å². The molecule has 5 nitrogen and oxygen atoms in total. The zero-order valence-electron chi connectivity index (χ0n) is 8.28. The second kappa shape index (κ2) is 4.55. The summed E-state index contributed by atoms with van der Waals surface area (Å²) in [7, 11) is 0. The maximum Gasteiger partial charge on any atom is 0.287 e. The lowest BCUT2D eigenvalue weighted by molar-refractivity contribution is -0.385. The van der Waals surface area contributed by atoms with Crippen molar-refractivity contribution in [1.29, 1.82) is 0 Å². The van der Waals surface area contributed by atoms with Gasteiger partial charge in [-0.15, -0.1) is 0 Å². The fourth-order valence-corrected chi connectivity index (χ4v) is 1.09. The zero-order valence-corrected chi connectivity index (χ0v) is 8.28. The number of hydrogen-bond donors (Lipinski definition) is 1. The molecule has 0 aromatic carbocycles. The van der Waals surface area contributed by atoms with Crippen LogP contribution in [0.3, 0.4) is 0 Å². The minimum Gasteiger partial charge on any atom is -0.370 e. The molecule has 0 bridgehead atoms. The largest absolute Gasteiger partial charge is 0.370 e. The molecule has 0 aliphatic carbocycles. The van der Waals surface area contributed by atoms with Crippen LogP contribution >= 0.6 is 0 Å². The lowest BCUT2D eigenvalue weighted by Gasteiger charge is -2.05. The van der Waals surface area contributed by atoms with Crippen LogP contribution in [-0.4, -0.2) is 16.5 Å². The maximum atomic E-state index is 10.4. The van der Waals surface area contributed by atoms with E-state index >= 15 is 0 Å². The Balaban J connectivity index is 2.84. The van der Waals surface area contributed by atoms with Gasteiger partial charge < -0.3 is 5.32 Å². The summed E-state index contributed by atoms with van der Waals surface area (Å²) in [5.74, 6) is 0.720. The maximum absolute atomic E-state index is 10.4. The number of aromatic nitrogens is 1. The molecule has 14 heavy (non-hydrogen) atoms. The molecular weight excluding hydrogens is 182 g/mol. The average molecular weight is 195 g/mol. The highest BCUT2D eigenvalue weighted by Crippen LogP contribution is 2.17. The first-order chi connectivity index (χ1) is 6.65. The number of anilines is 1. The second-order valence-corrected chi connectivity index (χ2v) is 3.04. The summed E-state index contributed by atoms with van der Waals surface area (Å²) in [5, 5.41) is 13.5. The molecule has 0 spiro atoms. The summed E-state index contributed by atoms with van der Waals surface area (Å²) in [5.41, 5.74) is 0.831. The molecule has 76 valence electrons. The molecule has 0 fully saturated rings. The topological polar surface area (TPSA) is 68.1 Å². The number of nitrogens with one attached hydrogen (secondary N) is 1. The van der Waals surface area contributed by atoms with Gasteiger partial charge in [-0.05, 0) is 18.9 Å². The van der Waals surface area contributed by atoms with Crippen molar-refractivity contribution in [3.63, 3.8) is 0 Å². The van der Waals surface area contributed by atoms with Crippen molar-refractivity contribution >= 4 is 11.5 Å². The van der Waals surface area contributed by atoms with Crippen LogP contribution in [0.15, 0.2) is 12.3 Å². The number of rotatable bonds is 4. The highest BCUT2D eigenvalue weighted by Gasteiger charge is 2.08. The first-order valence-corrected chi connectivity index (χ1v) is 4.50. The van der Waals surface area contributed by atoms with Gasteiger partial charge in [-0.2, -0.15) is 0 Å². The first kappa shape index (κ1) is 10.4. The first-order valence-electron chi connectivity index (χ1n) is 4.50. The van der Waals surface area contributed by atoms with E-state index in [1.807, 2.05) is 6.92 Å². The Morgan fingerprint density at radius 3 is 2.86 bits per heavy atom. The molecule has 1 aromatic rings. The molecule has 0 saturated heterocycles. The van der Waals surface area contributed by atoms with Crippen LogP contribution in [0.2, 0.25) is 0 Å². The van der Waals surface area contributed by atoms with Crippen LogP contribution in [0.4, 0.5) is 11.5 Å². The third-order valence-electron chi connectivity index (χ3n) is 1.82. The number of aryl methyl sites for hydroxylation is 1. The van der Waals surface area contributed by atoms with Gasteiger partial charge in [-0.3, -0.25) is 10.1 Å². The molecule has 0 aliphatic rings. The van der Waals surface area contributed by atoms with Crippen LogP contribution in [0.25, 0.3) is 0 Å². The van der Waals surface area contributed by atoms with Crippen LogP contribution in [0.1, 0.15) is 18.9 Å². The summed E-state index contributed by atoms with van der Waals surface area (Å²) in [6, 6.07) is 1.52. The fraction of sp³-hybridized carbons (Fsp3) is 0.444. The van der Waals surface area contributed by atoms with Crippen molar-refractivity contribution in [1.82, 2.24) is 4.98 Å². The highest BCUT2D eigenvalue weighted by atomic mass is 16.6. The normalized spacial score (nSPS) is 9.86. The van der Waals surface area contributed by atoms with E-state index in [0.717, 1.165) is 24.3 Å². The van der Waals surface area contributed by atoms with E-state index in [4.69, 9.17) is 0 Å². The predicted octanol–water partition coefficient (Wildman–Crippen LogP) is 2.12. The molecule has 0 radical (unpaired) electrons. The Hall–Kier alpha value is -1.65. The molecule has 0 aliphatic heterocycles. The Labute approximate surface area is 82.3 Å². The second-order valence-electron chi connectivity index (χ2n) is 3.04. The highest BCUT2D eigenvalue weighted by molar-refractivity contribution is 5.48. The molecule has 1 heterocycles. The third-order valence-corrected chi connectivity index (χ3v) is 1.82. The summed E-state index contributed by atoms with van der Waals surface area (Å²) in [6.07, 6.45) is 2.27. The van der Waals surface area contributed by atoms with Gasteiger partial charge in [0.05, 0.1) is 4.92 Å². The lowest BCUT2D eigenvalue weighted by Crippen LogP contribution is -2.04. The molecule has 0 atom stereocenters. The van der Waals surface area contributed by atoms with Crippen molar-refractivity contribution in [3.05, 3.63) is 27.9 Å². The fourth-order valence-electron chi connectivity index (χ4n) is 1.09. The van der Waals surface area contributed by atoms with Gasteiger partial charge in [0.1, 0.15) is 12.0 Å². The van der Waals surface area contributed by atoms with Crippen LogP contribution in [0.5, 0.6) is 0 Å². The van der Waals surface area contributed by atoms with Crippen LogP contribution in [-0.2, 0) is 0 Å². The Morgan fingerprint density at radius 1 is 1.64 bits per heavy atom. The zero-order chi connectivity index (χ0) is 10.6. The molecule has 1 N–H and O–H groups in total. The van der Waals surface area contributed by atoms with E-state index in [-0.39, 0.29) is 5.69 Å². The smallest absolute Gasteiger partial charge is 0.287 e. The van der Waals surface area contributed by atoms with E-state index in [2.05, 4.69) is 10.3 Å². The molecule has 1 rings (SSSR count). The van der Waals surface area contributed by atoms with Crippen molar-refractivity contribution in [2.45, 2.75) is 20.3 Å². The van der Waals surface area contributed by atoms with Crippen molar-refractivity contribution in [2.24, 2.45) is 0 Å². The van der Waals surface area contributed by atoms with Crippen molar-refractivity contribution in [3.8, 4) is 0 Å². The van der Waals surface area contributed by atoms with Gasteiger partial charge in [0, 0.05) is 12.6 Å². The van der Waals surface area contributed by atoms with Gasteiger partial charge >= 0.3 is 0 Å². The molecule has 1 aromatic heterocycles. The summed E-state index contributed by atoms with van der Waals surface area (Å²) in [4.78, 5) is 14.0. The monoisotopic (exact) mass is 195 g/mol. The van der Waals surface area contributed by atoms with Crippen LogP contribution in [0, 0.1) is 17.0 Å². The Bertz CT molecular complexity index is 339. The molecule has 0 unspecified atom stereocenters. The molecule has 5 heteroatoms. The number of pyridine rings is 1. The van der Waals surface area contributed by atoms with E-state index in [1.54, 1.807) is 6.92 Å². The average Bonchev–Trinajstić information content (AvgIpc) is 2.15. The van der Waals surface area contributed by atoms with Gasteiger partial charge in [0.25, 0.3) is 5.69 Å². The lowest BCUT2D eigenvalue weighted by atomic mass is 10.2.